The van der Waals surface area contributed by atoms with Gasteiger partial charge in [0.15, 0.2) is 5.82 Å². The molecule has 1 N–H and O–H groups in total. The molecule has 1 atom stereocenters. The minimum atomic E-state index is -0.470. The van der Waals surface area contributed by atoms with Crippen LogP contribution in [0, 0.1) is 6.92 Å². The molecule has 2 amide bonds. The van der Waals surface area contributed by atoms with Crippen LogP contribution >= 0.6 is 0 Å². The van der Waals surface area contributed by atoms with Crippen LogP contribution < -0.4 is 5.32 Å². The number of hydrogen-bond acceptors (Lipinski definition) is 6. The molecule has 86 valence electrons. The first-order valence-corrected chi connectivity index (χ1v) is 4.95. The zero-order chi connectivity index (χ0) is 11.7. The molecular formula is C9H12N4O3. The summed E-state index contributed by atoms with van der Waals surface area (Å²) in [6, 6.07) is -0.263. The predicted octanol–water partition coefficient (Wildman–Crippen LogP) is -0.0627. The fourth-order valence-corrected chi connectivity index (χ4v) is 1.55. The summed E-state index contributed by atoms with van der Waals surface area (Å²) in [6.07, 6.45) is 0.788. The second kappa shape index (κ2) is 3.92. The maximum atomic E-state index is 11.7. The van der Waals surface area contributed by atoms with Crippen molar-refractivity contribution in [2.75, 3.05) is 12.4 Å². The second-order valence-electron chi connectivity index (χ2n) is 3.67. The van der Waals surface area contributed by atoms with E-state index in [9.17, 15) is 9.59 Å². The van der Waals surface area contributed by atoms with E-state index in [1.807, 2.05) is 0 Å². The Hall–Kier alpha value is -1.92. The van der Waals surface area contributed by atoms with Gasteiger partial charge in [0.25, 0.3) is 5.91 Å². The molecule has 1 aromatic rings. The first-order chi connectivity index (χ1) is 7.58. The van der Waals surface area contributed by atoms with Crippen LogP contribution in [0.5, 0.6) is 0 Å². The van der Waals surface area contributed by atoms with Crippen LogP contribution in [-0.4, -0.2) is 39.9 Å². The maximum absolute atomic E-state index is 11.7. The molecule has 0 saturated carbocycles. The highest BCUT2D eigenvalue weighted by Gasteiger charge is 2.32. The van der Waals surface area contributed by atoms with E-state index >= 15 is 0 Å². The Morgan fingerprint density at radius 3 is 2.88 bits per heavy atom. The third-order valence-corrected chi connectivity index (χ3v) is 2.47. The number of piperidine rings is 1. The number of amides is 2. The topological polar surface area (TPSA) is 88.3 Å². The highest BCUT2D eigenvalue weighted by molar-refractivity contribution is 6.01. The smallest absolute Gasteiger partial charge is 0.322 e. The number of rotatable bonds is 2. The summed E-state index contributed by atoms with van der Waals surface area (Å²) < 4.78 is 4.85. The van der Waals surface area contributed by atoms with E-state index in [1.165, 1.54) is 7.05 Å². The monoisotopic (exact) mass is 224 g/mol. The molecule has 1 aliphatic rings. The van der Waals surface area contributed by atoms with E-state index in [1.54, 1.807) is 6.92 Å². The SMILES string of the molecule is Cc1noc(NC2CCC(=O)N(C)C2=O)n1. The average molecular weight is 224 g/mol. The first-order valence-electron chi connectivity index (χ1n) is 4.95. The van der Waals surface area contributed by atoms with E-state index < -0.39 is 6.04 Å². The number of aryl methyl sites for hydroxylation is 1. The fourth-order valence-electron chi connectivity index (χ4n) is 1.55. The van der Waals surface area contributed by atoms with Crippen molar-refractivity contribution in [3.63, 3.8) is 0 Å². The largest absolute Gasteiger partial charge is 0.326 e. The van der Waals surface area contributed by atoms with Crippen LogP contribution in [0.15, 0.2) is 4.52 Å². The lowest BCUT2D eigenvalue weighted by Crippen LogP contribution is -2.48. The van der Waals surface area contributed by atoms with Gasteiger partial charge in [-0.25, -0.2) is 0 Å². The van der Waals surface area contributed by atoms with Crippen molar-refractivity contribution in [2.45, 2.75) is 25.8 Å². The summed E-state index contributed by atoms with van der Waals surface area (Å²) in [5, 5.41) is 6.42. The Morgan fingerprint density at radius 1 is 1.50 bits per heavy atom. The zero-order valence-corrected chi connectivity index (χ0v) is 9.06. The van der Waals surface area contributed by atoms with E-state index in [0.29, 0.717) is 18.7 Å². The molecule has 16 heavy (non-hydrogen) atoms. The normalized spacial score (nSPS) is 21.4. The van der Waals surface area contributed by atoms with Crippen LogP contribution in [-0.2, 0) is 9.59 Å². The number of likely N-dealkylation sites (tertiary alicyclic amines) is 1. The highest BCUT2D eigenvalue weighted by Crippen LogP contribution is 2.15. The molecule has 1 saturated heterocycles. The number of likely N-dealkylation sites (N-methyl/N-ethyl adjacent to an activating group) is 1. The quantitative estimate of drug-likeness (QED) is 0.708. The molecule has 1 unspecified atom stereocenters. The minimum absolute atomic E-state index is 0.162. The molecule has 1 aliphatic heterocycles. The summed E-state index contributed by atoms with van der Waals surface area (Å²) in [5.41, 5.74) is 0. The first kappa shape index (κ1) is 10.6. The Morgan fingerprint density at radius 2 is 2.25 bits per heavy atom. The van der Waals surface area contributed by atoms with Crippen molar-refractivity contribution in [1.82, 2.24) is 15.0 Å². The van der Waals surface area contributed by atoms with Gasteiger partial charge in [0.1, 0.15) is 6.04 Å². The van der Waals surface area contributed by atoms with Gasteiger partial charge in [0.2, 0.25) is 5.91 Å². The lowest BCUT2D eigenvalue weighted by molar-refractivity contribution is -0.146. The number of imide groups is 1. The maximum Gasteiger partial charge on any atom is 0.322 e. The van der Waals surface area contributed by atoms with Gasteiger partial charge < -0.3 is 9.84 Å². The van der Waals surface area contributed by atoms with Gasteiger partial charge in [-0.15, -0.1) is 0 Å². The van der Waals surface area contributed by atoms with Gasteiger partial charge in [-0.1, -0.05) is 5.16 Å². The van der Waals surface area contributed by atoms with E-state index in [-0.39, 0.29) is 17.8 Å². The Balaban J connectivity index is 2.06. The van der Waals surface area contributed by atoms with E-state index in [2.05, 4.69) is 15.5 Å². The lowest BCUT2D eigenvalue weighted by Gasteiger charge is -2.27. The van der Waals surface area contributed by atoms with E-state index in [0.717, 1.165) is 4.90 Å². The van der Waals surface area contributed by atoms with Crippen molar-refractivity contribution in [1.29, 1.82) is 0 Å². The average Bonchev–Trinajstić information content (AvgIpc) is 2.65. The van der Waals surface area contributed by atoms with Crippen LogP contribution in [0.25, 0.3) is 0 Å². The molecule has 0 radical (unpaired) electrons. The molecule has 2 heterocycles. The van der Waals surface area contributed by atoms with Gasteiger partial charge in [-0.2, -0.15) is 4.98 Å². The number of nitrogens with one attached hydrogen (secondary N) is 1. The van der Waals surface area contributed by atoms with Gasteiger partial charge in [0, 0.05) is 13.5 Å². The second-order valence-corrected chi connectivity index (χ2v) is 3.67. The van der Waals surface area contributed by atoms with Crippen LogP contribution in [0.3, 0.4) is 0 Å². The Labute approximate surface area is 91.8 Å². The van der Waals surface area contributed by atoms with Gasteiger partial charge in [-0.3, -0.25) is 14.5 Å². The van der Waals surface area contributed by atoms with Gasteiger partial charge >= 0.3 is 6.01 Å². The summed E-state index contributed by atoms with van der Waals surface area (Å²) in [5.74, 6) is 0.0621. The zero-order valence-electron chi connectivity index (χ0n) is 9.06. The molecule has 1 aromatic heterocycles. The number of hydrogen-bond donors (Lipinski definition) is 1. The molecule has 0 aromatic carbocycles. The van der Waals surface area contributed by atoms with Gasteiger partial charge in [0.05, 0.1) is 0 Å². The van der Waals surface area contributed by atoms with Crippen molar-refractivity contribution in [3.05, 3.63) is 5.82 Å². The standard InChI is InChI=1S/C9H12N4O3/c1-5-10-9(16-12-5)11-6-3-4-7(14)13(2)8(6)15/h6H,3-4H2,1-2H3,(H,10,11,12). The van der Waals surface area contributed by atoms with Crippen LogP contribution in [0.1, 0.15) is 18.7 Å². The highest BCUT2D eigenvalue weighted by atomic mass is 16.5. The van der Waals surface area contributed by atoms with Crippen molar-refractivity contribution < 1.29 is 14.1 Å². The number of anilines is 1. The van der Waals surface area contributed by atoms with Crippen molar-refractivity contribution >= 4 is 17.8 Å². The molecule has 7 heteroatoms. The lowest BCUT2D eigenvalue weighted by atomic mass is 10.1. The van der Waals surface area contributed by atoms with Crippen molar-refractivity contribution in [2.24, 2.45) is 0 Å². The van der Waals surface area contributed by atoms with Crippen LogP contribution in [0.2, 0.25) is 0 Å². The summed E-state index contributed by atoms with van der Waals surface area (Å²) in [6.45, 7) is 1.69. The molecule has 0 spiro atoms. The fraction of sp³-hybridized carbons (Fsp3) is 0.556. The van der Waals surface area contributed by atoms with E-state index in [4.69, 9.17) is 4.52 Å². The minimum Gasteiger partial charge on any atom is -0.326 e. The number of carbonyl (C=O) groups is 2. The molecule has 2 rings (SSSR count). The summed E-state index contributed by atoms with van der Waals surface area (Å²) >= 11 is 0. The molecule has 0 aliphatic carbocycles. The van der Waals surface area contributed by atoms with Crippen molar-refractivity contribution in [3.8, 4) is 0 Å². The summed E-state index contributed by atoms with van der Waals surface area (Å²) in [7, 11) is 1.47. The molecule has 0 bridgehead atoms. The van der Waals surface area contributed by atoms with Gasteiger partial charge in [-0.05, 0) is 13.3 Å². The molecule has 7 nitrogen and oxygen atoms in total. The Bertz CT molecular complexity index is 428. The third-order valence-electron chi connectivity index (χ3n) is 2.47. The molecular weight excluding hydrogens is 212 g/mol. The summed E-state index contributed by atoms with van der Waals surface area (Å²) in [4.78, 5) is 28.0. The molecule has 1 fully saturated rings. The number of carbonyl (C=O) groups excluding carboxylic acids is 2. The predicted molar refractivity (Wildman–Crippen MR) is 53.5 cm³/mol. The third kappa shape index (κ3) is 1.88. The number of nitrogens with zero attached hydrogens (tertiary/aromatic N) is 3. The number of aromatic nitrogens is 2. The van der Waals surface area contributed by atoms with Crippen LogP contribution in [0.4, 0.5) is 6.01 Å². The Kier molecular flexibility index (Phi) is 2.59.